The molecular weight excluding hydrogens is 214 g/mol. The van der Waals surface area contributed by atoms with Crippen molar-refractivity contribution in [3.05, 3.63) is 54.6 Å². The number of rotatable bonds is 3. The first kappa shape index (κ1) is 11.1. The minimum Gasteiger partial charge on any atom is -0.342 e. The highest BCUT2D eigenvalue weighted by Gasteiger charge is 2.05. The largest absolute Gasteiger partial charge is 0.342 e. The molecule has 16 heavy (non-hydrogen) atoms. The quantitative estimate of drug-likeness (QED) is 0.774. The van der Waals surface area contributed by atoms with Crippen molar-refractivity contribution in [2.24, 2.45) is 0 Å². The van der Waals surface area contributed by atoms with Gasteiger partial charge in [-0.2, -0.15) is 0 Å². The van der Waals surface area contributed by atoms with Gasteiger partial charge in [0, 0.05) is 22.8 Å². The molecule has 0 fully saturated rings. The Kier molecular flexibility index (Phi) is 3.52. The molecule has 2 aromatic rings. The zero-order valence-corrected chi connectivity index (χ0v) is 10.2. The normalized spacial score (nSPS) is 10.1. The summed E-state index contributed by atoms with van der Waals surface area (Å²) in [7, 11) is 0. The molecule has 2 heteroatoms. The number of nitrogens with zero attached hydrogens (tertiary/aromatic N) is 1. The van der Waals surface area contributed by atoms with Gasteiger partial charge in [0.15, 0.2) is 0 Å². The summed E-state index contributed by atoms with van der Waals surface area (Å²) >= 11 is 4.30. The van der Waals surface area contributed by atoms with Crippen molar-refractivity contribution in [3.8, 4) is 0 Å². The molecular formula is C14H15NS. The first-order valence-electron chi connectivity index (χ1n) is 5.43. The number of hydrogen-bond acceptors (Lipinski definition) is 2. The SMILES string of the molecule is CCN(c1ccccc1)c1ccc(S)cc1. The van der Waals surface area contributed by atoms with Crippen LogP contribution < -0.4 is 4.90 Å². The number of para-hydroxylation sites is 1. The Morgan fingerprint density at radius 3 is 2.00 bits per heavy atom. The maximum absolute atomic E-state index is 4.30. The average molecular weight is 229 g/mol. The highest BCUT2D eigenvalue weighted by Crippen LogP contribution is 2.25. The van der Waals surface area contributed by atoms with Crippen molar-refractivity contribution in [3.63, 3.8) is 0 Å². The Hall–Kier alpha value is -1.41. The standard InChI is InChI=1S/C14H15NS/c1-2-15(12-6-4-3-5-7-12)13-8-10-14(16)11-9-13/h3-11,16H,2H2,1H3. The summed E-state index contributed by atoms with van der Waals surface area (Å²) in [6.45, 7) is 3.11. The summed E-state index contributed by atoms with van der Waals surface area (Å²) in [5.41, 5.74) is 2.42. The van der Waals surface area contributed by atoms with Gasteiger partial charge in [0.25, 0.3) is 0 Å². The van der Waals surface area contributed by atoms with Gasteiger partial charge < -0.3 is 4.90 Å². The predicted molar refractivity (Wildman–Crippen MR) is 72.8 cm³/mol. The van der Waals surface area contributed by atoms with E-state index in [-0.39, 0.29) is 0 Å². The molecule has 2 rings (SSSR count). The predicted octanol–water partition coefficient (Wildman–Crippen LogP) is 4.13. The van der Waals surface area contributed by atoms with Crippen LogP contribution in [0.5, 0.6) is 0 Å². The molecule has 0 spiro atoms. The highest BCUT2D eigenvalue weighted by atomic mass is 32.1. The van der Waals surface area contributed by atoms with E-state index < -0.39 is 0 Å². The fraction of sp³-hybridized carbons (Fsp3) is 0.143. The van der Waals surface area contributed by atoms with Gasteiger partial charge in [-0.05, 0) is 43.3 Å². The number of benzene rings is 2. The highest BCUT2D eigenvalue weighted by molar-refractivity contribution is 7.80. The van der Waals surface area contributed by atoms with E-state index in [4.69, 9.17) is 0 Å². The molecule has 0 aromatic heterocycles. The third kappa shape index (κ3) is 2.39. The van der Waals surface area contributed by atoms with Gasteiger partial charge in [0.1, 0.15) is 0 Å². The van der Waals surface area contributed by atoms with Crippen molar-refractivity contribution in [2.75, 3.05) is 11.4 Å². The van der Waals surface area contributed by atoms with E-state index in [0.29, 0.717) is 0 Å². The lowest BCUT2D eigenvalue weighted by molar-refractivity contribution is 1.02. The van der Waals surface area contributed by atoms with Gasteiger partial charge in [-0.1, -0.05) is 18.2 Å². The molecule has 0 N–H and O–H groups in total. The van der Waals surface area contributed by atoms with Crippen LogP contribution in [-0.2, 0) is 0 Å². The van der Waals surface area contributed by atoms with E-state index in [1.807, 2.05) is 18.2 Å². The first-order valence-corrected chi connectivity index (χ1v) is 5.87. The second kappa shape index (κ2) is 5.08. The third-order valence-corrected chi connectivity index (χ3v) is 2.84. The Bertz CT molecular complexity index is 436. The average Bonchev–Trinajstić information content (AvgIpc) is 2.34. The summed E-state index contributed by atoms with van der Waals surface area (Å²) < 4.78 is 0. The van der Waals surface area contributed by atoms with E-state index in [1.54, 1.807) is 0 Å². The fourth-order valence-electron chi connectivity index (χ4n) is 1.75. The minimum atomic E-state index is 0.954. The maximum Gasteiger partial charge on any atom is 0.0411 e. The molecule has 0 saturated carbocycles. The molecule has 0 aliphatic rings. The van der Waals surface area contributed by atoms with E-state index in [2.05, 4.69) is 60.9 Å². The molecule has 0 atom stereocenters. The Morgan fingerprint density at radius 1 is 0.875 bits per heavy atom. The van der Waals surface area contributed by atoms with Gasteiger partial charge >= 0.3 is 0 Å². The Morgan fingerprint density at radius 2 is 1.44 bits per heavy atom. The molecule has 1 nitrogen and oxygen atoms in total. The molecule has 0 amide bonds. The topological polar surface area (TPSA) is 3.24 Å². The Labute approximate surface area is 102 Å². The lowest BCUT2D eigenvalue weighted by Crippen LogP contribution is -2.15. The maximum atomic E-state index is 4.30. The molecule has 0 heterocycles. The van der Waals surface area contributed by atoms with E-state index in [1.165, 1.54) is 11.4 Å². The van der Waals surface area contributed by atoms with Crippen LogP contribution in [0.25, 0.3) is 0 Å². The lowest BCUT2D eigenvalue weighted by atomic mass is 10.2. The molecule has 0 saturated heterocycles. The summed E-state index contributed by atoms with van der Waals surface area (Å²) in [6.07, 6.45) is 0. The molecule has 82 valence electrons. The van der Waals surface area contributed by atoms with Crippen molar-refractivity contribution in [2.45, 2.75) is 11.8 Å². The van der Waals surface area contributed by atoms with Gasteiger partial charge in [0.2, 0.25) is 0 Å². The van der Waals surface area contributed by atoms with Crippen LogP contribution in [0.2, 0.25) is 0 Å². The van der Waals surface area contributed by atoms with E-state index >= 15 is 0 Å². The lowest BCUT2D eigenvalue weighted by Gasteiger charge is -2.23. The second-order valence-corrected chi connectivity index (χ2v) is 4.11. The van der Waals surface area contributed by atoms with Crippen molar-refractivity contribution in [1.82, 2.24) is 0 Å². The van der Waals surface area contributed by atoms with Crippen LogP contribution in [-0.4, -0.2) is 6.54 Å². The molecule has 0 unspecified atom stereocenters. The van der Waals surface area contributed by atoms with Gasteiger partial charge in [-0.15, -0.1) is 12.6 Å². The zero-order chi connectivity index (χ0) is 11.4. The van der Waals surface area contributed by atoms with Gasteiger partial charge in [-0.3, -0.25) is 0 Å². The van der Waals surface area contributed by atoms with Gasteiger partial charge in [-0.25, -0.2) is 0 Å². The van der Waals surface area contributed by atoms with Crippen LogP contribution in [0.3, 0.4) is 0 Å². The minimum absolute atomic E-state index is 0.954. The summed E-state index contributed by atoms with van der Waals surface area (Å²) in [6, 6.07) is 18.6. The summed E-state index contributed by atoms with van der Waals surface area (Å²) in [5, 5.41) is 0. The molecule has 2 aromatic carbocycles. The summed E-state index contributed by atoms with van der Waals surface area (Å²) in [5.74, 6) is 0. The first-order chi connectivity index (χ1) is 7.81. The van der Waals surface area contributed by atoms with Crippen LogP contribution in [0.1, 0.15) is 6.92 Å². The Balaban J connectivity index is 2.33. The van der Waals surface area contributed by atoms with Gasteiger partial charge in [0.05, 0.1) is 0 Å². The molecule has 0 aliphatic carbocycles. The van der Waals surface area contributed by atoms with E-state index in [0.717, 1.165) is 11.4 Å². The van der Waals surface area contributed by atoms with Crippen LogP contribution >= 0.6 is 12.6 Å². The summed E-state index contributed by atoms with van der Waals surface area (Å²) in [4.78, 5) is 3.26. The monoisotopic (exact) mass is 229 g/mol. The zero-order valence-electron chi connectivity index (χ0n) is 9.30. The molecule has 0 bridgehead atoms. The number of hydrogen-bond donors (Lipinski definition) is 1. The number of thiol groups is 1. The number of anilines is 2. The van der Waals surface area contributed by atoms with Crippen molar-refractivity contribution < 1.29 is 0 Å². The van der Waals surface area contributed by atoms with Crippen molar-refractivity contribution >= 4 is 24.0 Å². The smallest absolute Gasteiger partial charge is 0.0411 e. The van der Waals surface area contributed by atoms with Crippen LogP contribution in [0.15, 0.2) is 59.5 Å². The van der Waals surface area contributed by atoms with E-state index in [9.17, 15) is 0 Å². The van der Waals surface area contributed by atoms with Crippen LogP contribution in [0, 0.1) is 0 Å². The molecule has 0 aliphatic heterocycles. The van der Waals surface area contributed by atoms with Crippen LogP contribution in [0.4, 0.5) is 11.4 Å². The fourth-order valence-corrected chi connectivity index (χ4v) is 1.90. The third-order valence-electron chi connectivity index (χ3n) is 2.55. The second-order valence-electron chi connectivity index (χ2n) is 3.60. The van der Waals surface area contributed by atoms with Crippen molar-refractivity contribution in [1.29, 1.82) is 0 Å². The molecule has 0 radical (unpaired) electrons.